The van der Waals surface area contributed by atoms with Gasteiger partial charge in [-0.25, -0.2) is 0 Å². The van der Waals surface area contributed by atoms with Gasteiger partial charge in [-0.15, -0.1) is 24.8 Å². The van der Waals surface area contributed by atoms with Crippen molar-refractivity contribution in [1.29, 1.82) is 0 Å². The van der Waals surface area contributed by atoms with Gasteiger partial charge in [-0.1, -0.05) is 30.3 Å². The van der Waals surface area contributed by atoms with Gasteiger partial charge < -0.3 is 10.1 Å². The van der Waals surface area contributed by atoms with E-state index in [0.29, 0.717) is 6.04 Å². The van der Waals surface area contributed by atoms with Gasteiger partial charge in [0.05, 0.1) is 0 Å². The van der Waals surface area contributed by atoms with Crippen LogP contribution in [0.25, 0.3) is 0 Å². The summed E-state index contributed by atoms with van der Waals surface area (Å²) in [4.78, 5) is 2.65. The quantitative estimate of drug-likeness (QED) is 0.814. The molecule has 1 atom stereocenters. The minimum atomic E-state index is 0. The summed E-state index contributed by atoms with van der Waals surface area (Å²) in [5.74, 6) is 2.64. The Bertz CT molecular complexity index is 626. The molecule has 2 fully saturated rings. The first kappa shape index (κ1) is 20.1. The van der Waals surface area contributed by atoms with Crippen LogP contribution >= 0.6 is 24.8 Å². The number of hydrogen-bond donors (Lipinski definition) is 1. The monoisotopic (exact) mass is 380 g/mol. The topological polar surface area (TPSA) is 24.5 Å². The van der Waals surface area contributed by atoms with E-state index in [0.717, 1.165) is 43.6 Å². The number of benzene rings is 2. The number of hydrogen-bond acceptors (Lipinski definition) is 3. The highest BCUT2D eigenvalue weighted by Crippen LogP contribution is 2.44. The molecule has 1 saturated carbocycles. The maximum atomic E-state index is 5.91. The molecule has 1 aliphatic carbocycles. The van der Waals surface area contributed by atoms with Gasteiger partial charge in [0.25, 0.3) is 0 Å². The van der Waals surface area contributed by atoms with Crippen molar-refractivity contribution in [3.05, 3.63) is 60.2 Å². The van der Waals surface area contributed by atoms with Crippen molar-refractivity contribution in [2.75, 3.05) is 26.2 Å². The van der Waals surface area contributed by atoms with Gasteiger partial charge in [-0.3, -0.25) is 4.90 Å². The van der Waals surface area contributed by atoms with Gasteiger partial charge in [0.1, 0.15) is 11.5 Å². The van der Waals surface area contributed by atoms with Gasteiger partial charge in [-0.05, 0) is 48.6 Å². The number of nitrogens with one attached hydrogen (secondary N) is 1. The number of nitrogens with zero attached hydrogens (tertiary/aromatic N) is 1. The smallest absolute Gasteiger partial charge is 0.127 e. The summed E-state index contributed by atoms with van der Waals surface area (Å²) < 4.78 is 5.91. The fraction of sp³-hybridized carbons (Fsp3) is 0.400. The molecule has 0 aromatic heterocycles. The van der Waals surface area contributed by atoms with Crippen molar-refractivity contribution >= 4 is 24.8 Å². The molecule has 5 heteroatoms. The fourth-order valence-electron chi connectivity index (χ4n) is 3.51. The van der Waals surface area contributed by atoms with E-state index in [-0.39, 0.29) is 24.8 Å². The highest BCUT2D eigenvalue weighted by Gasteiger charge is 2.36. The number of halogens is 2. The molecule has 1 aliphatic heterocycles. The molecule has 2 aromatic carbocycles. The molecule has 0 unspecified atom stereocenters. The van der Waals surface area contributed by atoms with E-state index in [2.05, 4.69) is 34.5 Å². The zero-order valence-corrected chi connectivity index (χ0v) is 15.9. The second-order valence-corrected chi connectivity index (χ2v) is 6.55. The van der Waals surface area contributed by atoms with Crippen LogP contribution in [-0.2, 0) is 0 Å². The molecule has 1 heterocycles. The SMILES string of the molecule is Cl.Cl.c1ccc(Oc2ccc([C@H](C3CC3)N3CCNCC3)cc2)cc1. The van der Waals surface area contributed by atoms with E-state index in [9.17, 15) is 0 Å². The maximum Gasteiger partial charge on any atom is 0.127 e. The third kappa shape index (κ3) is 5.11. The Hall–Kier alpha value is -1.26. The molecule has 1 saturated heterocycles. The maximum absolute atomic E-state index is 5.91. The lowest BCUT2D eigenvalue weighted by Gasteiger charge is -2.35. The van der Waals surface area contributed by atoms with Crippen molar-refractivity contribution in [2.24, 2.45) is 5.92 Å². The van der Waals surface area contributed by atoms with Crippen LogP contribution in [0, 0.1) is 5.92 Å². The van der Waals surface area contributed by atoms with Crippen LogP contribution < -0.4 is 10.1 Å². The van der Waals surface area contributed by atoms with Crippen LogP contribution in [0.15, 0.2) is 54.6 Å². The van der Waals surface area contributed by atoms with Gasteiger partial charge >= 0.3 is 0 Å². The van der Waals surface area contributed by atoms with Crippen molar-refractivity contribution in [2.45, 2.75) is 18.9 Å². The summed E-state index contributed by atoms with van der Waals surface area (Å²) in [5, 5.41) is 3.46. The highest BCUT2D eigenvalue weighted by molar-refractivity contribution is 5.85. The van der Waals surface area contributed by atoms with Gasteiger partial charge in [0.15, 0.2) is 0 Å². The minimum Gasteiger partial charge on any atom is -0.457 e. The summed E-state index contributed by atoms with van der Waals surface area (Å²) in [7, 11) is 0. The molecule has 2 aromatic rings. The van der Waals surface area contributed by atoms with Crippen LogP contribution in [0.4, 0.5) is 0 Å². The predicted octanol–water partition coefficient (Wildman–Crippen LogP) is 4.68. The van der Waals surface area contributed by atoms with Crippen LogP contribution in [0.3, 0.4) is 0 Å². The molecule has 136 valence electrons. The first-order chi connectivity index (χ1) is 11.4. The number of para-hydroxylation sites is 1. The van der Waals surface area contributed by atoms with Crippen LogP contribution in [0.1, 0.15) is 24.4 Å². The standard InChI is InChI=1S/C20H24N2O.2ClH/c1-2-4-18(5-3-1)23-19-10-8-17(9-11-19)20(16-6-7-16)22-14-12-21-13-15-22;;/h1-5,8-11,16,20-21H,6-7,12-15H2;2*1H/t20-;;/m0../s1. The minimum absolute atomic E-state index is 0. The van der Waals surface area contributed by atoms with E-state index in [1.165, 1.54) is 18.4 Å². The molecule has 1 N–H and O–H groups in total. The number of piperazine rings is 1. The zero-order chi connectivity index (χ0) is 15.5. The second-order valence-electron chi connectivity index (χ2n) is 6.55. The molecular formula is C20H26Cl2N2O. The Kier molecular flexibility index (Phi) is 7.57. The van der Waals surface area contributed by atoms with Crippen LogP contribution in [0.2, 0.25) is 0 Å². The summed E-state index contributed by atoms with van der Waals surface area (Å²) >= 11 is 0. The lowest BCUT2D eigenvalue weighted by atomic mass is 9.99. The zero-order valence-electron chi connectivity index (χ0n) is 14.3. The Balaban J connectivity index is 0.00000113. The van der Waals surface area contributed by atoms with E-state index >= 15 is 0 Å². The average molecular weight is 381 g/mol. The third-order valence-electron chi connectivity index (χ3n) is 4.81. The van der Waals surface area contributed by atoms with Gasteiger partial charge in [0, 0.05) is 32.2 Å². The molecule has 0 amide bonds. The first-order valence-corrected chi connectivity index (χ1v) is 8.68. The Labute approximate surface area is 162 Å². The molecule has 0 bridgehead atoms. The molecule has 3 nitrogen and oxygen atoms in total. The lowest BCUT2D eigenvalue weighted by molar-refractivity contribution is 0.156. The molecule has 4 rings (SSSR count). The van der Waals surface area contributed by atoms with Gasteiger partial charge in [-0.2, -0.15) is 0 Å². The highest BCUT2D eigenvalue weighted by atomic mass is 35.5. The average Bonchev–Trinajstić information content (AvgIpc) is 3.44. The fourth-order valence-corrected chi connectivity index (χ4v) is 3.51. The second kappa shape index (κ2) is 9.44. The molecule has 0 radical (unpaired) electrons. The number of ether oxygens (including phenoxy) is 1. The number of rotatable bonds is 5. The largest absolute Gasteiger partial charge is 0.457 e. The Morgan fingerprint density at radius 1 is 0.840 bits per heavy atom. The third-order valence-corrected chi connectivity index (χ3v) is 4.81. The van der Waals surface area contributed by atoms with E-state index < -0.39 is 0 Å². The van der Waals surface area contributed by atoms with Gasteiger partial charge in [0.2, 0.25) is 0 Å². The normalized spacial score (nSPS) is 18.6. The van der Waals surface area contributed by atoms with Crippen molar-refractivity contribution in [3.63, 3.8) is 0 Å². The van der Waals surface area contributed by atoms with E-state index in [1.54, 1.807) is 0 Å². The first-order valence-electron chi connectivity index (χ1n) is 8.68. The Morgan fingerprint density at radius 3 is 2.04 bits per heavy atom. The molecule has 2 aliphatic rings. The molecule has 0 spiro atoms. The summed E-state index contributed by atoms with van der Waals surface area (Å²) in [6.07, 6.45) is 2.74. The molecular weight excluding hydrogens is 355 g/mol. The van der Waals surface area contributed by atoms with E-state index in [1.807, 2.05) is 30.3 Å². The summed E-state index contributed by atoms with van der Waals surface area (Å²) in [6.45, 7) is 4.53. The Morgan fingerprint density at radius 2 is 1.44 bits per heavy atom. The molecule has 25 heavy (non-hydrogen) atoms. The van der Waals surface area contributed by atoms with Crippen LogP contribution in [-0.4, -0.2) is 31.1 Å². The predicted molar refractivity (Wildman–Crippen MR) is 107 cm³/mol. The lowest BCUT2D eigenvalue weighted by Crippen LogP contribution is -2.45. The summed E-state index contributed by atoms with van der Waals surface area (Å²) in [6, 6.07) is 19.3. The summed E-state index contributed by atoms with van der Waals surface area (Å²) in [5.41, 5.74) is 1.44. The van der Waals surface area contributed by atoms with Crippen molar-refractivity contribution in [3.8, 4) is 11.5 Å². The van der Waals surface area contributed by atoms with Crippen molar-refractivity contribution < 1.29 is 4.74 Å². The van der Waals surface area contributed by atoms with E-state index in [4.69, 9.17) is 4.74 Å². The van der Waals surface area contributed by atoms with Crippen LogP contribution in [0.5, 0.6) is 11.5 Å². The van der Waals surface area contributed by atoms with Crippen molar-refractivity contribution in [1.82, 2.24) is 10.2 Å².